The number of carbonyl (C=O) groups excluding carboxylic acids is 1. The van der Waals surface area contributed by atoms with E-state index in [1.54, 1.807) is 0 Å². The number of fused-ring (bicyclic) bond motifs is 1. The minimum absolute atomic E-state index is 0.536. The van der Waals surface area contributed by atoms with Crippen molar-refractivity contribution in [1.29, 1.82) is 0 Å². The average Bonchev–Trinajstić information content (AvgIpc) is 2.48. The number of hydrogen-bond acceptors (Lipinski definition) is 2. The van der Waals surface area contributed by atoms with Crippen molar-refractivity contribution in [3.05, 3.63) is 48.0 Å². The van der Waals surface area contributed by atoms with Gasteiger partial charge in [-0.15, -0.1) is 0 Å². The molecule has 19 heavy (non-hydrogen) atoms. The fraction of sp³-hybridized carbons (Fsp3) is 0.353. The average molecular weight is 255 g/mol. The molecule has 0 radical (unpaired) electrons. The molecule has 1 saturated carbocycles. The van der Waals surface area contributed by atoms with Crippen LogP contribution in [0.2, 0.25) is 0 Å². The van der Waals surface area contributed by atoms with Gasteiger partial charge in [-0.25, -0.2) is 0 Å². The van der Waals surface area contributed by atoms with Gasteiger partial charge in [-0.1, -0.05) is 55.7 Å². The van der Waals surface area contributed by atoms with Gasteiger partial charge >= 0.3 is 0 Å². The van der Waals surface area contributed by atoms with Crippen LogP contribution in [-0.4, -0.2) is 12.3 Å². The maximum Gasteiger partial charge on any atom is 0.150 e. The van der Waals surface area contributed by atoms with Gasteiger partial charge in [0.1, 0.15) is 6.29 Å². The molecular formula is C17H21NO. The summed E-state index contributed by atoms with van der Waals surface area (Å²) in [6.45, 7) is 0. The Morgan fingerprint density at radius 2 is 1.63 bits per heavy atom. The highest BCUT2D eigenvalue weighted by atomic mass is 16.1. The van der Waals surface area contributed by atoms with Gasteiger partial charge in [-0.3, -0.25) is 4.79 Å². The largest absolute Gasteiger partial charge is 0.328 e. The van der Waals surface area contributed by atoms with E-state index in [0.717, 1.165) is 17.2 Å². The Hall–Kier alpha value is -1.67. The molecule has 1 aliphatic rings. The van der Waals surface area contributed by atoms with Gasteiger partial charge in [0.2, 0.25) is 0 Å². The predicted molar refractivity (Wildman–Crippen MR) is 80.4 cm³/mol. The van der Waals surface area contributed by atoms with Gasteiger partial charge < -0.3 is 5.73 Å². The Morgan fingerprint density at radius 3 is 2.21 bits per heavy atom. The molecule has 0 amide bonds. The van der Waals surface area contributed by atoms with E-state index in [4.69, 9.17) is 5.73 Å². The normalized spacial score (nSPS) is 15.6. The van der Waals surface area contributed by atoms with Gasteiger partial charge in [-0.2, -0.15) is 0 Å². The van der Waals surface area contributed by atoms with E-state index >= 15 is 0 Å². The molecule has 0 saturated heterocycles. The SMILES string of the molecule is NC1CCCCC1.O=Cc1ccc2ccccc2c1. The van der Waals surface area contributed by atoms with Gasteiger partial charge in [0.05, 0.1) is 0 Å². The van der Waals surface area contributed by atoms with Crippen molar-refractivity contribution >= 4 is 17.1 Å². The second kappa shape index (κ2) is 7.05. The summed E-state index contributed by atoms with van der Waals surface area (Å²) < 4.78 is 0. The van der Waals surface area contributed by atoms with Gasteiger partial charge in [0, 0.05) is 11.6 Å². The molecule has 1 aliphatic carbocycles. The number of rotatable bonds is 1. The minimum atomic E-state index is 0.536. The molecule has 2 nitrogen and oxygen atoms in total. The first-order chi connectivity index (χ1) is 9.29. The number of aldehydes is 1. The Morgan fingerprint density at radius 1 is 0.947 bits per heavy atom. The zero-order chi connectivity index (χ0) is 13.5. The van der Waals surface area contributed by atoms with Crippen LogP contribution < -0.4 is 5.73 Å². The van der Waals surface area contributed by atoms with Crippen LogP contribution >= 0.6 is 0 Å². The lowest BCUT2D eigenvalue weighted by Gasteiger charge is -2.15. The molecule has 100 valence electrons. The molecule has 0 atom stereocenters. The second-order valence-electron chi connectivity index (χ2n) is 5.12. The zero-order valence-electron chi connectivity index (χ0n) is 11.2. The van der Waals surface area contributed by atoms with Crippen LogP contribution in [0.5, 0.6) is 0 Å². The monoisotopic (exact) mass is 255 g/mol. The Kier molecular flexibility index (Phi) is 5.10. The van der Waals surface area contributed by atoms with Crippen molar-refractivity contribution < 1.29 is 4.79 Å². The summed E-state index contributed by atoms with van der Waals surface area (Å²) >= 11 is 0. The fourth-order valence-electron chi connectivity index (χ4n) is 2.42. The number of nitrogens with two attached hydrogens (primary N) is 1. The molecule has 2 heteroatoms. The topological polar surface area (TPSA) is 43.1 Å². The van der Waals surface area contributed by atoms with Gasteiger partial charge in [-0.05, 0) is 29.7 Å². The van der Waals surface area contributed by atoms with E-state index in [-0.39, 0.29) is 0 Å². The summed E-state index contributed by atoms with van der Waals surface area (Å²) in [5.41, 5.74) is 6.37. The number of benzene rings is 2. The lowest BCUT2D eigenvalue weighted by molar-refractivity contribution is 0.112. The molecule has 2 aromatic carbocycles. The molecule has 0 bridgehead atoms. The van der Waals surface area contributed by atoms with Gasteiger partial charge in [0.15, 0.2) is 0 Å². The molecule has 1 fully saturated rings. The van der Waals surface area contributed by atoms with Crippen molar-refractivity contribution in [1.82, 2.24) is 0 Å². The van der Waals surface area contributed by atoms with Crippen LogP contribution in [0.25, 0.3) is 10.8 Å². The van der Waals surface area contributed by atoms with E-state index in [1.807, 2.05) is 42.5 Å². The Labute approximate surface area is 114 Å². The van der Waals surface area contributed by atoms with E-state index in [2.05, 4.69) is 0 Å². The summed E-state index contributed by atoms with van der Waals surface area (Å²) in [6, 6.07) is 14.2. The lowest BCUT2D eigenvalue weighted by Crippen LogP contribution is -2.22. The molecule has 0 unspecified atom stereocenters. The maximum atomic E-state index is 10.5. The van der Waals surface area contributed by atoms with Crippen molar-refractivity contribution in [3.63, 3.8) is 0 Å². The van der Waals surface area contributed by atoms with E-state index in [9.17, 15) is 4.79 Å². The summed E-state index contributed by atoms with van der Waals surface area (Å²) in [5, 5.41) is 2.28. The summed E-state index contributed by atoms with van der Waals surface area (Å²) in [7, 11) is 0. The highest BCUT2D eigenvalue weighted by molar-refractivity contribution is 5.88. The van der Waals surface area contributed by atoms with Crippen LogP contribution in [0.3, 0.4) is 0 Å². The van der Waals surface area contributed by atoms with Crippen molar-refractivity contribution in [3.8, 4) is 0 Å². The third-order valence-corrected chi connectivity index (χ3v) is 3.56. The third kappa shape index (κ3) is 4.18. The zero-order valence-corrected chi connectivity index (χ0v) is 11.2. The Balaban J connectivity index is 0.000000163. The third-order valence-electron chi connectivity index (χ3n) is 3.56. The standard InChI is InChI=1S/C11H8O.C6H13N/c12-8-9-5-6-10-3-1-2-4-11(10)7-9;7-6-4-2-1-3-5-6/h1-8H;6H,1-5,7H2. The van der Waals surface area contributed by atoms with E-state index < -0.39 is 0 Å². The highest BCUT2D eigenvalue weighted by Crippen LogP contribution is 2.15. The van der Waals surface area contributed by atoms with E-state index in [0.29, 0.717) is 6.04 Å². The first kappa shape index (κ1) is 13.8. The van der Waals surface area contributed by atoms with Crippen LogP contribution in [0.1, 0.15) is 42.5 Å². The van der Waals surface area contributed by atoms with Gasteiger partial charge in [0.25, 0.3) is 0 Å². The van der Waals surface area contributed by atoms with Crippen molar-refractivity contribution in [2.75, 3.05) is 0 Å². The molecule has 0 spiro atoms. The molecule has 3 rings (SSSR count). The van der Waals surface area contributed by atoms with Crippen molar-refractivity contribution in [2.45, 2.75) is 38.1 Å². The molecular weight excluding hydrogens is 234 g/mol. The first-order valence-corrected chi connectivity index (χ1v) is 6.99. The summed E-state index contributed by atoms with van der Waals surface area (Å²) in [5.74, 6) is 0. The number of hydrogen-bond donors (Lipinski definition) is 1. The molecule has 0 heterocycles. The van der Waals surface area contributed by atoms with E-state index in [1.165, 1.54) is 37.5 Å². The predicted octanol–water partition coefficient (Wildman–Crippen LogP) is 3.93. The van der Waals surface area contributed by atoms with Crippen LogP contribution in [0.4, 0.5) is 0 Å². The first-order valence-electron chi connectivity index (χ1n) is 6.99. The molecule has 2 N–H and O–H groups in total. The molecule has 2 aromatic rings. The smallest absolute Gasteiger partial charge is 0.150 e. The summed E-state index contributed by atoms with van der Waals surface area (Å²) in [6.07, 6.45) is 7.53. The van der Waals surface area contributed by atoms with Crippen LogP contribution in [-0.2, 0) is 0 Å². The van der Waals surface area contributed by atoms with Crippen molar-refractivity contribution in [2.24, 2.45) is 5.73 Å². The fourth-order valence-corrected chi connectivity index (χ4v) is 2.42. The molecule has 0 aromatic heterocycles. The summed E-state index contributed by atoms with van der Waals surface area (Å²) in [4.78, 5) is 10.5. The molecule has 0 aliphatic heterocycles. The second-order valence-corrected chi connectivity index (χ2v) is 5.12. The van der Waals surface area contributed by atoms with Crippen LogP contribution in [0, 0.1) is 0 Å². The highest BCUT2D eigenvalue weighted by Gasteiger charge is 2.06. The lowest BCUT2D eigenvalue weighted by atomic mass is 9.97. The quantitative estimate of drug-likeness (QED) is 0.784. The number of carbonyl (C=O) groups is 1. The maximum absolute atomic E-state index is 10.5. The van der Waals surface area contributed by atoms with Crippen LogP contribution in [0.15, 0.2) is 42.5 Å². The minimum Gasteiger partial charge on any atom is -0.328 e. The Bertz CT molecular complexity index is 530.